The third kappa shape index (κ3) is 6.46. The number of carbonyl (C=O) groups is 3. The number of piperazine rings is 1. The predicted molar refractivity (Wildman–Crippen MR) is 186 cm³/mol. The van der Waals surface area contributed by atoms with Crippen molar-refractivity contribution < 1.29 is 31.2 Å². The maximum Gasteiger partial charge on any atom is 0.295 e. The van der Waals surface area contributed by atoms with E-state index >= 15 is 0 Å². The summed E-state index contributed by atoms with van der Waals surface area (Å²) in [6.45, 7) is 5.84. The van der Waals surface area contributed by atoms with Gasteiger partial charge in [0.05, 0.1) is 26.6 Å². The minimum Gasteiger partial charge on any atom is -0.335 e. The first kappa shape index (κ1) is 33.6. The number of anilines is 1. The Morgan fingerprint density at radius 1 is 0.735 bits per heavy atom. The monoisotopic (exact) mass is 698 g/mol. The molecule has 0 unspecified atom stereocenters. The second kappa shape index (κ2) is 13.0. The van der Waals surface area contributed by atoms with Crippen LogP contribution in [0.4, 0.5) is 5.69 Å². The number of aromatic nitrogens is 1. The molecule has 1 N–H and O–H groups in total. The number of rotatable bonds is 8. The number of para-hydroxylation sites is 1. The molecule has 0 bridgehead atoms. The van der Waals surface area contributed by atoms with Crippen molar-refractivity contribution in [2.75, 3.05) is 24.4 Å². The molecule has 1 saturated heterocycles. The highest BCUT2D eigenvalue weighted by Crippen LogP contribution is 2.34. The van der Waals surface area contributed by atoms with Crippen LogP contribution in [0.2, 0.25) is 0 Å². The van der Waals surface area contributed by atoms with Gasteiger partial charge in [-0.05, 0) is 63.2 Å². The number of amides is 2. The standard InChI is InChI=1S/C36H34N4O7S2/c1-24-12-16-28(17-13-24)48(44,45)37-32-11-7-10-30-31(23-40(33(30)32)49(46,47)29-18-14-25(2)15-19-29)34(41)36(43)39-21-20-38(22-26(39)3)35(42)27-8-5-4-6-9-27/h4-19,23,26,37H,20-22H2,1-3H3/t26-/m1/s1. The number of hydrogen-bond donors (Lipinski definition) is 1. The molecular formula is C36H34N4O7S2. The van der Waals surface area contributed by atoms with Crippen LogP contribution in [-0.4, -0.2) is 73.9 Å². The van der Waals surface area contributed by atoms with Crippen molar-refractivity contribution in [2.45, 2.75) is 36.6 Å². The molecule has 1 aliphatic heterocycles. The van der Waals surface area contributed by atoms with Crippen LogP contribution < -0.4 is 4.72 Å². The van der Waals surface area contributed by atoms with Crippen LogP contribution in [-0.2, 0) is 24.8 Å². The van der Waals surface area contributed by atoms with E-state index in [2.05, 4.69) is 4.72 Å². The van der Waals surface area contributed by atoms with Crippen LogP contribution in [0.25, 0.3) is 10.9 Å². The maximum atomic E-state index is 14.1. The number of aryl methyl sites for hydroxylation is 2. The summed E-state index contributed by atoms with van der Waals surface area (Å²) in [4.78, 5) is 43.7. The molecule has 1 atom stereocenters. The molecule has 1 aromatic heterocycles. The van der Waals surface area contributed by atoms with E-state index in [9.17, 15) is 31.2 Å². The molecule has 11 nitrogen and oxygen atoms in total. The van der Waals surface area contributed by atoms with E-state index in [0.717, 1.165) is 21.3 Å². The second-order valence-electron chi connectivity index (χ2n) is 12.1. The summed E-state index contributed by atoms with van der Waals surface area (Å²) in [6.07, 6.45) is 1.07. The van der Waals surface area contributed by atoms with Crippen molar-refractivity contribution >= 4 is 54.2 Å². The summed E-state index contributed by atoms with van der Waals surface area (Å²) in [6, 6.07) is 24.8. The molecule has 2 amide bonds. The summed E-state index contributed by atoms with van der Waals surface area (Å²) in [7, 11) is -8.58. The Labute approximate surface area is 284 Å². The number of benzene rings is 4. The normalized spacial score (nSPS) is 15.3. The Bertz CT molecular complexity index is 2300. The highest BCUT2D eigenvalue weighted by atomic mass is 32.2. The van der Waals surface area contributed by atoms with Crippen molar-refractivity contribution in [3.05, 3.63) is 126 Å². The number of ketones is 1. The molecule has 6 rings (SSSR count). The molecular weight excluding hydrogens is 665 g/mol. The lowest BCUT2D eigenvalue weighted by molar-refractivity contribution is -0.130. The molecule has 1 fully saturated rings. The van der Waals surface area contributed by atoms with E-state index in [1.807, 2.05) is 13.0 Å². The highest BCUT2D eigenvalue weighted by Gasteiger charge is 2.36. The number of fused-ring (bicyclic) bond motifs is 1. The first-order valence-electron chi connectivity index (χ1n) is 15.5. The van der Waals surface area contributed by atoms with E-state index in [1.165, 1.54) is 47.4 Å². The molecule has 13 heteroatoms. The van der Waals surface area contributed by atoms with Crippen molar-refractivity contribution in [1.29, 1.82) is 0 Å². The molecule has 0 spiro atoms. The second-order valence-corrected chi connectivity index (χ2v) is 15.6. The van der Waals surface area contributed by atoms with Gasteiger partial charge in [-0.1, -0.05) is 65.7 Å². The Hall–Kier alpha value is -5.27. The average molecular weight is 699 g/mol. The Balaban J connectivity index is 1.39. The van der Waals surface area contributed by atoms with Crippen molar-refractivity contribution in [2.24, 2.45) is 0 Å². The Morgan fingerprint density at radius 3 is 1.96 bits per heavy atom. The summed E-state index contributed by atoms with van der Waals surface area (Å²) in [5.74, 6) is -2.01. The first-order chi connectivity index (χ1) is 23.3. The van der Waals surface area contributed by atoms with Gasteiger partial charge < -0.3 is 9.80 Å². The van der Waals surface area contributed by atoms with Gasteiger partial charge in [-0.3, -0.25) is 19.1 Å². The number of sulfonamides is 1. The first-order valence-corrected chi connectivity index (χ1v) is 18.5. The number of carbonyl (C=O) groups excluding carboxylic acids is 3. The van der Waals surface area contributed by atoms with Gasteiger partial charge >= 0.3 is 0 Å². The van der Waals surface area contributed by atoms with Crippen LogP contribution in [0.15, 0.2) is 113 Å². The largest absolute Gasteiger partial charge is 0.335 e. The van der Waals surface area contributed by atoms with E-state index in [1.54, 1.807) is 67.3 Å². The third-order valence-corrected chi connectivity index (χ3v) is 11.6. The lowest BCUT2D eigenvalue weighted by atomic mass is 10.1. The summed E-state index contributed by atoms with van der Waals surface area (Å²) >= 11 is 0. The van der Waals surface area contributed by atoms with E-state index < -0.39 is 37.8 Å². The number of nitrogens with one attached hydrogen (secondary N) is 1. The van der Waals surface area contributed by atoms with Crippen LogP contribution >= 0.6 is 0 Å². The van der Waals surface area contributed by atoms with Gasteiger partial charge in [0.1, 0.15) is 0 Å². The quantitative estimate of drug-likeness (QED) is 0.180. The Kier molecular flexibility index (Phi) is 8.90. The summed E-state index contributed by atoms with van der Waals surface area (Å²) in [5.41, 5.74) is 1.78. The fourth-order valence-corrected chi connectivity index (χ4v) is 8.35. The van der Waals surface area contributed by atoms with Gasteiger partial charge in [-0.25, -0.2) is 20.8 Å². The SMILES string of the molecule is Cc1ccc(S(=O)(=O)Nc2cccc3c(C(=O)C(=O)N4CCN(C(=O)c5ccccc5)C[C@H]4C)cn(S(=O)(=O)c4ccc(C)cc4)c23)cc1. The van der Waals surface area contributed by atoms with Crippen molar-refractivity contribution in [3.63, 3.8) is 0 Å². The van der Waals surface area contributed by atoms with E-state index in [4.69, 9.17) is 0 Å². The molecule has 0 aliphatic carbocycles. The third-order valence-electron chi connectivity index (χ3n) is 8.58. The van der Waals surface area contributed by atoms with Crippen LogP contribution in [0.3, 0.4) is 0 Å². The molecule has 4 aromatic carbocycles. The lowest BCUT2D eigenvalue weighted by Crippen LogP contribution is -2.56. The molecule has 252 valence electrons. The van der Waals surface area contributed by atoms with Crippen molar-refractivity contribution in [3.8, 4) is 0 Å². The van der Waals surface area contributed by atoms with Gasteiger partial charge in [-0.15, -0.1) is 0 Å². The van der Waals surface area contributed by atoms with Crippen LogP contribution in [0, 0.1) is 13.8 Å². The topological polar surface area (TPSA) is 143 Å². The lowest BCUT2D eigenvalue weighted by Gasteiger charge is -2.39. The molecule has 1 aliphatic rings. The zero-order valence-electron chi connectivity index (χ0n) is 27.0. The number of Topliss-reactive ketones (excluding diaryl/α,β-unsaturated/α-hetero) is 1. The van der Waals surface area contributed by atoms with Gasteiger partial charge in [-0.2, -0.15) is 0 Å². The summed E-state index contributed by atoms with van der Waals surface area (Å²) < 4.78 is 58.5. The highest BCUT2D eigenvalue weighted by molar-refractivity contribution is 7.92. The van der Waals surface area contributed by atoms with Gasteiger partial charge in [0, 0.05) is 42.8 Å². The number of nitrogens with zero attached hydrogens (tertiary/aromatic N) is 3. The molecule has 5 aromatic rings. The van der Waals surface area contributed by atoms with Crippen molar-refractivity contribution in [1.82, 2.24) is 13.8 Å². The van der Waals surface area contributed by atoms with Crippen LogP contribution in [0.5, 0.6) is 0 Å². The zero-order chi connectivity index (χ0) is 35.1. The summed E-state index contributed by atoms with van der Waals surface area (Å²) in [5, 5.41) is 0.0729. The molecule has 49 heavy (non-hydrogen) atoms. The molecule has 0 radical (unpaired) electrons. The van der Waals surface area contributed by atoms with Crippen LogP contribution in [0.1, 0.15) is 38.8 Å². The molecule has 2 heterocycles. The zero-order valence-corrected chi connectivity index (χ0v) is 28.7. The van der Waals surface area contributed by atoms with Gasteiger partial charge in [0.15, 0.2) is 0 Å². The fraction of sp³-hybridized carbons (Fsp3) is 0.194. The van der Waals surface area contributed by atoms with E-state index in [0.29, 0.717) is 5.56 Å². The Morgan fingerprint density at radius 2 is 1.35 bits per heavy atom. The minimum atomic E-state index is -4.39. The minimum absolute atomic E-state index is 0.0417. The predicted octanol–water partition coefficient (Wildman–Crippen LogP) is 4.85. The average Bonchev–Trinajstić information content (AvgIpc) is 3.49. The smallest absolute Gasteiger partial charge is 0.295 e. The number of hydrogen-bond acceptors (Lipinski definition) is 7. The maximum absolute atomic E-state index is 14.1. The van der Waals surface area contributed by atoms with E-state index in [-0.39, 0.29) is 57.5 Å². The van der Waals surface area contributed by atoms with Gasteiger partial charge in [0.2, 0.25) is 0 Å². The fourth-order valence-electron chi connectivity index (χ4n) is 5.90. The van der Waals surface area contributed by atoms with Gasteiger partial charge in [0.25, 0.3) is 37.6 Å². The molecule has 0 saturated carbocycles.